The highest BCUT2D eigenvalue weighted by molar-refractivity contribution is 5.99. The van der Waals surface area contributed by atoms with Crippen LogP contribution < -0.4 is 0 Å². The summed E-state index contributed by atoms with van der Waals surface area (Å²) in [6, 6.07) is 18.0. The van der Waals surface area contributed by atoms with E-state index in [4.69, 9.17) is 0 Å². The van der Waals surface area contributed by atoms with Gasteiger partial charge in [0.1, 0.15) is 0 Å². The predicted octanol–water partition coefficient (Wildman–Crippen LogP) is 4.93. The van der Waals surface area contributed by atoms with Crippen LogP contribution >= 0.6 is 0 Å². The number of benzene rings is 2. The van der Waals surface area contributed by atoms with Crippen molar-refractivity contribution in [2.45, 2.75) is 58.2 Å². The van der Waals surface area contributed by atoms with E-state index in [1.165, 1.54) is 24.0 Å². The third kappa shape index (κ3) is 3.16. The molecule has 25 heavy (non-hydrogen) atoms. The molecular formula is C23H27NO. The van der Waals surface area contributed by atoms with Crippen LogP contribution in [0.1, 0.15) is 52.7 Å². The molecule has 130 valence electrons. The van der Waals surface area contributed by atoms with Crippen molar-refractivity contribution in [1.82, 2.24) is 4.90 Å². The molecule has 2 aliphatic heterocycles. The first kappa shape index (κ1) is 16.5. The fraction of sp³-hybridized carbons (Fsp3) is 0.435. The molecule has 2 unspecified atom stereocenters. The molecule has 2 nitrogen and oxygen atoms in total. The Kier molecular flexibility index (Phi) is 4.47. The third-order valence-electron chi connectivity index (χ3n) is 6.33. The molecule has 2 aromatic carbocycles. The summed E-state index contributed by atoms with van der Waals surface area (Å²) >= 11 is 0. The number of carbonyl (C=O) groups excluding carboxylic acids is 1. The summed E-state index contributed by atoms with van der Waals surface area (Å²) in [6.45, 7) is 5.21. The molecule has 4 rings (SSSR count). The van der Waals surface area contributed by atoms with Gasteiger partial charge in [-0.15, -0.1) is 0 Å². The van der Waals surface area contributed by atoms with Crippen molar-refractivity contribution >= 4 is 5.78 Å². The Morgan fingerprint density at radius 1 is 0.960 bits per heavy atom. The Morgan fingerprint density at radius 3 is 2.32 bits per heavy atom. The summed E-state index contributed by atoms with van der Waals surface area (Å²) < 4.78 is 0. The van der Waals surface area contributed by atoms with Crippen molar-refractivity contribution in [3.8, 4) is 0 Å². The van der Waals surface area contributed by atoms with Gasteiger partial charge in [-0.25, -0.2) is 0 Å². The number of nitrogens with zero attached hydrogens (tertiary/aromatic N) is 1. The van der Waals surface area contributed by atoms with Gasteiger partial charge in [0.15, 0.2) is 5.78 Å². The molecule has 2 bridgehead atoms. The molecule has 2 atom stereocenters. The molecule has 2 aromatic rings. The fourth-order valence-corrected chi connectivity index (χ4v) is 4.78. The number of fused-ring (bicyclic) bond motifs is 2. The Hall–Kier alpha value is -1.93. The van der Waals surface area contributed by atoms with Crippen molar-refractivity contribution < 1.29 is 4.79 Å². The van der Waals surface area contributed by atoms with E-state index < -0.39 is 0 Å². The molecule has 0 spiro atoms. The van der Waals surface area contributed by atoms with Crippen molar-refractivity contribution in [2.24, 2.45) is 5.92 Å². The minimum Gasteiger partial charge on any atom is -0.294 e. The summed E-state index contributed by atoms with van der Waals surface area (Å²) in [7, 11) is 0. The maximum absolute atomic E-state index is 13.1. The van der Waals surface area contributed by atoms with E-state index in [0.717, 1.165) is 30.5 Å². The monoisotopic (exact) mass is 333 g/mol. The maximum Gasteiger partial charge on any atom is 0.166 e. The lowest BCUT2D eigenvalue weighted by atomic mass is 9.83. The lowest BCUT2D eigenvalue weighted by Crippen LogP contribution is -2.44. The third-order valence-corrected chi connectivity index (χ3v) is 6.33. The van der Waals surface area contributed by atoms with Gasteiger partial charge in [-0.3, -0.25) is 9.69 Å². The summed E-state index contributed by atoms with van der Waals surface area (Å²) in [6.07, 6.45) is 4.53. The predicted molar refractivity (Wildman–Crippen MR) is 102 cm³/mol. The lowest BCUT2D eigenvalue weighted by Gasteiger charge is -2.38. The molecule has 2 aliphatic rings. The van der Waals surface area contributed by atoms with Gasteiger partial charge in [0.25, 0.3) is 0 Å². The van der Waals surface area contributed by atoms with Crippen LogP contribution in [0.15, 0.2) is 48.5 Å². The number of aryl methyl sites for hydroxylation is 1. The average Bonchev–Trinajstić information content (AvgIpc) is 2.86. The Bertz CT molecular complexity index is 753. The highest BCUT2D eigenvalue weighted by Crippen LogP contribution is 2.41. The van der Waals surface area contributed by atoms with Crippen molar-refractivity contribution in [2.75, 3.05) is 0 Å². The van der Waals surface area contributed by atoms with Gasteiger partial charge in [-0.2, -0.15) is 0 Å². The van der Waals surface area contributed by atoms with E-state index in [2.05, 4.69) is 55.1 Å². The standard InChI is InChI=1S/C23H27NO/c1-16-7-6-10-22(17(16)2)23(25)19-13-20-11-12-21(14-19)24(20)15-18-8-4-3-5-9-18/h3-10,19-21H,11-15H2,1-2H3. The van der Waals surface area contributed by atoms with Crippen LogP contribution in [0, 0.1) is 19.8 Å². The first-order valence-corrected chi connectivity index (χ1v) is 9.53. The molecular weight excluding hydrogens is 306 g/mol. The van der Waals surface area contributed by atoms with E-state index >= 15 is 0 Å². The molecule has 0 aromatic heterocycles. The summed E-state index contributed by atoms with van der Waals surface area (Å²) in [5.41, 5.74) is 4.71. The highest BCUT2D eigenvalue weighted by Gasteiger charge is 2.42. The van der Waals surface area contributed by atoms with Gasteiger partial charge in [0, 0.05) is 30.1 Å². The van der Waals surface area contributed by atoms with Crippen molar-refractivity contribution in [1.29, 1.82) is 0 Å². The maximum atomic E-state index is 13.1. The number of carbonyl (C=O) groups is 1. The molecule has 0 saturated carbocycles. The smallest absolute Gasteiger partial charge is 0.166 e. The van der Waals surface area contributed by atoms with E-state index in [9.17, 15) is 4.79 Å². The van der Waals surface area contributed by atoms with Gasteiger partial charge in [0.05, 0.1) is 0 Å². The molecule has 0 radical (unpaired) electrons. The van der Waals surface area contributed by atoms with Gasteiger partial charge in [-0.05, 0) is 56.2 Å². The average molecular weight is 333 g/mol. The number of ketones is 1. The topological polar surface area (TPSA) is 20.3 Å². The van der Waals surface area contributed by atoms with Crippen molar-refractivity contribution in [3.05, 3.63) is 70.8 Å². The van der Waals surface area contributed by atoms with Gasteiger partial charge in [0.2, 0.25) is 0 Å². The molecule has 2 heterocycles. The molecule has 0 amide bonds. The molecule has 2 fully saturated rings. The summed E-state index contributed by atoms with van der Waals surface area (Å²) in [5.74, 6) is 0.572. The number of piperidine rings is 1. The van der Waals surface area contributed by atoms with E-state index in [1.807, 2.05) is 12.1 Å². The first-order chi connectivity index (χ1) is 12.1. The minimum absolute atomic E-state index is 0.199. The van der Waals surface area contributed by atoms with Gasteiger partial charge < -0.3 is 0 Å². The van der Waals surface area contributed by atoms with Crippen LogP contribution in [-0.2, 0) is 6.54 Å². The van der Waals surface area contributed by atoms with E-state index in [0.29, 0.717) is 17.9 Å². The van der Waals surface area contributed by atoms with Crippen LogP contribution in [0.4, 0.5) is 0 Å². The SMILES string of the molecule is Cc1cccc(C(=O)C2CC3CCC(C2)N3Cc2ccccc2)c1C. The molecule has 0 N–H and O–H groups in total. The van der Waals surface area contributed by atoms with Crippen molar-refractivity contribution in [3.63, 3.8) is 0 Å². The zero-order chi connectivity index (χ0) is 17.4. The lowest BCUT2D eigenvalue weighted by molar-refractivity contribution is 0.0677. The quantitative estimate of drug-likeness (QED) is 0.740. The van der Waals surface area contributed by atoms with E-state index in [-0.39, 0.29) is 5.92 Å². The second-order valence-corrected chi connectivity index (χ2v) is 7.82. The summed E-state index contributed by atoms with van der Waals surface area (Å²) in [4.78, 5) is 15.8. The van der Waals surface area contributed by atoms with Gasteiger partial charge >= 0.3 is 0 Å². The normalized spacial score (nSPS) is 25.9. The second kappa shape index (κ2) is 6.76. The number of hydrogen-bond acceptors (Lipinski definition) is 2. The zero-order valence-electron chi connectivity index (χ0n) is 15.2. The number of rotatable bonds is 4. The van der Waals surface area contributed by atoms with E-state index in [1.54, 1.807) is 0 Å². The van der Waals surface area contributed by atoms with Gasteiger partial charge in [-0.1, -0.05) is 48.5 Å². The Morgan fingerprint density at radius 2 is 1.64 bits per heavy atom. The Balaban J connectivity index is 1.49. The minimum atomic E-state index is 0.199. The van der Waals surface area contributed by atoms with Crippen LogP contribution in [0.2, 0.25) is 0 Å². The fourth-order valence-electron chi connectivity index (χ4n) is 4.78. The van der Waals surface area contributed by atoms with Crippen LogP contribution in [0.25, 0.3) is 0 Å². The first-order valence-electron chi connectivity index (χ1n) is 9.53. The zero-order valence-corrected chi connectivity index (χ0v) is 15.2. The van der Waals surface area contributed by atoms with Crippen LogP contribution in [-0.4, -0.2) is 22.8 Å². The molecule has 0 aliphatic carbocycles. The highest BCUT2D eigenvalue weighted by atomic mass is 16.1. The summed E-state index contributed by atoms with van der Waals surface area (Å²) in [5, 5.41) is 0. The number of Topliss-reactive ketones (excluding diaryl/α,β-unsaturated/α-hetero) is 1. The molecule has 2 heteroatoms. The number of hydrogen-bond donors (Lipinski definition) is 0. The largest absolute Gasteiger partial charge is 0.294 e. The second-order valence-electron chi connectivity index (χ2n) is 7.82. The Labute approximate surface area is 150 Å². The van der Waals surface area contributed by atoms with Crippen LogP contribution in [0.5, 0.6) is 0 Å². The molecule has 2 saturated heterocycles. The van der Waals surface area contributed by atoms with Crippen LogP contribution in [0.3, 0.4) is 0 Å².